The Balaban J connectivity index is 1.85. The first-order valence-electron chi connectivity index (χ1n) is 10.3. The number of hydrogen-bond acceptors (Lipinski definition) is 5. The fraction of sp³-hybridized carbons (Fsp3) is 0.409. The largest absolute Gasteiger partial charge is 0.395 e. The van der Waals surface area contributed by atoms with Crippen LogP contribution in [-0.2, 0) is 24.9 Å². The van der Waals surface area contributed by atoms with Gasteiger partial charge in [-0.1, -0.05) is 23.6 Å². The Morgan fingerprint density at radius 2 is 2.09 bits per heavy atom. The van der Waals surface area contributed by atoms with E-state index in [4.69, 9.17) is 16.3 Å². The fourth-order valence-electron chi connectivity index (χ4n) is 3.55. The monoisotopic (exact) mass is 460 g/mol. The zero-order chi connectivity index (χ0) is 22.8. The summed E-state index contributed by atoms with van der Waals surface area (Å²) in [6, 6.07) is 4.26. The molecule has 0 atom stereocenters. The van der Waals surface area contributed by atoms with Gasteiger partial charge in [-0.3, -0.25) is 13.9 Å². The highest BCUT2D eigenvalue weighted by molar-refractivity contribution is 6.30. The van der Waals surface area contributed by atoms with Crippen LogP contribution in [0, 0.1) is 17.7 Å². The maximum absolute atomic E-state index is 14.5. The highest BCUT2D eigenvalue weighted by Crippen LogP contribution is 2.21. The van der Waals surface area contributed by atoms with Crippen LogP contribution in [0.2, 0.25) is 5.02 Å². The van der Waals surface area contributed by atoms with Gasteiger partial charge in [-0.2, -0.15) is 0 Å². The van der Waals surface area contributed by atoms with Crippen molar-refractivity contribution in [1.82, 2.24) is 18.7 Å². The molecule has 2 heterocycles. The Kier molecular flexibility index (Phi) is 6.46. The molecule has 4 rings (SSSR count). The van der Waals surface area contributed by atoms with Crippen molar-refractivity contribution in [2.75, 3.05) is 13.2 Å². The lowest BCUT2D eigenvalue weighted by atomic mass is 9.96. The van der Waals surface area contributed by atoms with Gasteiger partial charge in [-0.15, -0.1) is 0 Å². The van der Waals surface area contributed by atoms with E-state index in [1.54, 1.807) is 6.07 Å². The van der Waals surface area contributed by atoms with E-state index in [1.807, 2.05) is 0 Å². The van der Waals surface area contributed by atoms with Gasteiger partial charge in [-0.25, -0.2) is 14.2 Å². The first-order valence-corrected chi connectivity index (χ1v) is 10.6. The number of halogens is 2. The Morgan fingerprint density at radius 1 is 1.31 bits per heavy atom. The van der Waals surface area contributed by atoms with Crippen LogP contribution >= 0.6 is 11.6 Å². The lowest BCUT2D eigenvalue weighted by molar-refractivity contribution is 0.0217. The van der Waals surface area contributed by atoms with E-state index >= 15 is 0 Å². The van der Waals surface area contributed by atoms with Crippen LogP contribution in [-0.4, -0.2) is 43.1 Å². The molecule has 0 bridgehead atoms. The number of imidazole rings is 1. The van der Waals surface area contributed by atoms with E-state index < -0.39 is 17.1 Å². The number of ether oxygens (including phenoxy) is 1. The maximum Gasteiger partial charge on any atom is 0.332 e. The summed E-state index contributed by atoms with van der Waals surface area (Å²) < 4.78 is 23.8. The standard InChI is InChI=1S/C22H22ClFN4O4/c1-26-20-19(21(30)27(9-10-29)22(26)31)28(13-14-7-8-15(23)12-17(14)24)18(25-20)6-3-11-32-16-4-2-5-16/h7-8,12,16,29H,2,4-5,9-11,13H2,1H3. The lowest BCUT2D eigenvalue weighted by Crippen LogP contribution is -2.40. The van der Waals surface area contributed by atoms with Crippen LogP contribution in [0.1, 0.15) is 30.7 Å². The maximum atomic E-state index is 14.5. The number of fused-ring (bicyclic) bond motifs is 1. The molecule has 0 unspecified atom stereocenters. The van der Waals surface area contributed by atoms with Crippen molar-refractivity contribution in [3.63, 3.8) is 0 Å². The third-order valence-electron chi connectivity index (χ3n) is 5.54. The molecule has 1 aliphatic rings. The van der Waals surface area contributed by atoms with Gasteiger partial charge >= 0.3 is 5.69 Å². The zero-order valence-corrected chi connectivity index (χ0v) is 18.2. The molecule has 0 amide bonds. The summed E-state index contributed by atoms with van der Waals surface area (Å²) in [4.78, 5) is 30.1. The number of aryl methyl sites for hydroxylation is 1. The average molecular weight is 461 g/mol. The molecule has 0 saturated heterocycles. The second-order valence-electron chi connectivity index (χ2n) is 7.62. The van der Waals surface area contributed by atoms with E-state index in [1.165, 1.54) is 28.3 Å². The molecule has 1 aromatic carbocycles. The molecule has 3 aromatic rings. The molecule has 1 aliphatic carbocycles. The molecule has 1 fully saturated rings. The SMILES string of the molecule is Cn1c(=O)n(CCO)c(=O)c2c1nc(C#CCOC1CCC1)n2Cc1ccc(Cl)cc1F. The quantitative estimate of drug-likeness (QED) is 0.565. The summed E-state index contributed by atoms with van der Waals surface area (Å²) in [7, 11) is 1.48. The molecular weight excluding hydrogens is 439 g/mol. The van der Waals surface area contributed by atoms with E-state index in [2.05, 4.69) is 16.8 Å². The average Bonchev–Trinajstić information content (AvgIpc) is 3.08. The first kappa shape index (κ1) is 22.3. The van der Waals surface area contributed by atoms with E-state index in [-0.39, 0.29) is 60.0 Å². The Bertz CT molecular complexity index is 1340. The van der Waals surface area contributed by atoms with Gasteiger partial charge in [0.05, 0.1) is 25.8 Å². The molecule has 0 aliphatic heterocycles. The summed E-state index contributed by atoms with van der Waals surface area (Å²) in [6.07, 6.45) is 3.40. The first-order chi connectivity index (χ1) is 15.4. The van der Waals surface area contributed by atoms with Gasteiger partial charge < -0.3 is 14.4 Å². The molecule has 0 radical (unpaired) electrons. The highest BCUT2D eigenvalue weighted by Gasteiger charge is 2.21. The number of aliphatic hydroxyl groups is 1. The topological polar surface area (TPSA) is 91.3 Å². The molecular formula is C22H22ClFN4O4. The van der Waals surface area contributed by atoms with Crippen molar-refractivity contribution in [3.05, 3.63) is 61.3 Å². The predicted octanol–water partition coefficient (Wildman–Crippen LogP) is 1.65. The third-order valence-corrected chi connectivity index (χ3v) is 5.78. The van der Waals surface area contributed by atoms with Crippen molar-refractivity contribution in [3.8, 4) is 11.8 Å². The van der Waals surface area contributed by atoms with Gasteiger partial charge in [0.2, 0.25) is 0 Å². The second kappa shape index (κ2) is 9.28. The van der Waals surface area contributed by atoms with Crippen LogP contribution in [0.25, 0.3) is 11.2 Å². The predicted molar refractivity (Wildman–Crippen MR) is 117 cm³/mol. The summed E-state index contributed by atoms with van der Waals surface area (Å²) in [5, 5.41) is 9.54. The van der Waals surface area contributed by atoms with Crippen molar-refractivity contribution >= 4 is 22.8 Å². The minimum atomic E-state index is -0.627. The van der Waals surface area contributed by atoms with Crippen LogP contribution < -0.4 is 11.2 Å². The number of benzene rings is 1. The van der Waals surface area contributed by atoms with E-state index in [0.717, 1.165) is 23.8 Å². The number of nitrogens with zero attached hydrogens (tertiary/aromatic N) is 4. The van der Waals surface area contributed by atoms with Crippen LogP contribution in [0.5, 0.6) is 0 Å². The van der Waals surface area contributed by atoms with Crippen molar-refractivity contribution in [2.45, 2.75) is 38.5 Å². The van der Waals surface area contributed by atoms with Gasteiger partial charge in [0.1, 0.15) is 12.4 Å². The Labute approximate surface area is 187 Å². The molecule has 0 spiro atoms. The number of aromatic nitrogens is 4. The summed E-state index contributed by atoms with van der Waals surface area (Å²) >= 11 is 5.86. The summed E-state index contributed by atoms with van der Waals surface area (Å²) in [5.41, 5.74) is -0.721. The van der Waals surface area contributed by atoms with Crippen molar-refractivity contribution in [2.24, 2.45) is 7.05 Å². The number of hydrogen-bond donors (Lipinski definition) is 1. The smallest absolute Gasteiger partial charge is 0.332 e. The third kappa shape index (κ3) is 4.21. The van der Waals surface area contributed by atoms with Crippen molar-refractivity contribution < 1.29 is 14.2 Å². The minimum Gasteiger partial charge on any atom is -0.395 e. The minimum absolute atomic E-state index is 0.0421. The zero-order valence-electron chi connectivity index (χ0n) is 17.5. The van der Waals surface area contributed by atoms with Crippen molar-refractivity contribution in [1.29, 1.82) is 0 Å². The molecule has 1 saturated carbocycles. The molecule has 1 N–H and O–H groups in total. The normalized spacial score (nSPS) is 13.8. The van der Waals surface area contributed by atoms with E-state index in [9.17, 15) is 19.1 Å². The second-order valence-corrected chi connectivity index (χ2v) is 8.05. The van der Waals surface area contributed by atoms with Crippen LogP contribution in [0.3, 0.4) is 0 Å². The van der Waals surface area contributed by atoms with Gasteiger partial charge in [-0.05, 0) is 37.3 Å². The Hall–Kier alpha value is -2.93. The molecule has 32 heavy (non-hydrogen) atoms. The van der Waals surface area contributed by atoms with Gasteiger partial charge in [0.15, 0.2) is 17.0 Å². The van der Waals surface area contributed by atoms with Crippen LogP contribution in [0.15, 0.2) is 27.8 Å². The summed E-state index contributed by atoms with van der Waals surface area (Å²) in [6.45, 7) is -0.389. The van der Waals surface area contributed by atoms with Gasteiger partial charge in [0, 0.05) is 17.6 Å². The molecule has 8 nitrogen and oxygen atoms in total. The molecule has 10 heteroatoms. The van der Waals surface area contributed by atoms with Gasteiger partial charge in [0.25, 0.3) is 5.56 Å². The number of aliphatic hydroxyl groups excluding tert-OH is 1. The fourth-order valence-corrected chi connectivity index (χ4v) is 3.71. The summed E-state index contributed by atoms with van der Waals surface area (Å²) in [5.74, 6) is 5.47. The van der Waals surface area contributed by atoms with Crippen LogP contribution in [0.4, 0.5) is 4.39 Å². The molecule has 2 aromatic heterocycles. The lowest BCUT2D eigenvalue weighted by Gasteiger charge is -2.24. The molecule has 168 valence electrons. The van der Waals surface area contributed by atoms with E-state index in [0.29, 0.717) is 0 Å². The number of rotatable bonds is 6. The highest BCUT2D eigenvalue weighted by atomic mass is 35.5. The Morgan fingerprint density at radius 3 is 2.75 bits per heavy atom.